The van der Waals surface area contributed by atoms with Crippen LogP contribution in [-0.4, -0.2) is 11.4 Å². The molecule has 0 spiro atoms. The lowest BCUT2D eigenvalue weighted by Gasteiger charge is -2.40. The van der Waals surface area contributed by atoms with Crippen LogP contribution in [0.3, 0.4) is 0 Å². The van der Waals surface area contributed by atoms with Gasteiger partial charge in [-0.15, -0.1) is 11.3 Å². The van der Waals surface area contributed by atoms with Gasteiger partial charge in [0.1, 0.15) is 0 Å². The SMILES string of the molecule is CCc1cc2c(s1)CCN1Cc3ccccc3CC21. The molecule has 0 amide bonds. The minimum atomic E-state index is 0.634. The quantitative estimate of drug-likeness (QED) is 0.757. The lowest BCUT2D eigenvalue weighted by Crippen LogP contribution is -2.38. The highest BCUT2D eigenvalue weighted by Gasteiger charge is 2.32. The summed E-state index contributed by atoms with van der Waals surface area (Å²) in [6.45, 7) is 4.64. The number of rotatable bonds is 1. The molecule has 2 aliphatic rings. The average Bonchev–Trinajstić information content (AvgIpc) is 2.89. The van der Waals surface area contributed by atoms with Crippen molar-refractivity contribution in [3.05, 3.63) is 56.8 Å². The van der Waals surface area contributed by atoms with Gasteiger partial charge in [0.15, 0.2) is 0 Å². The molecular weight excluding hydrogens is 250 g/mol. The number of fused-ring (bicyclic) bond motifs is 4. The van der Waals surface area contributed by atoms with Crippen molar-refractivity contribution in [1.82, 2.24) is 4.90 Å². The first-order valence-electron chi connectivity index (χ1n) is 7.27. The Morgan fingerprint density at radius 1 is 1.26 bits per heavy atom. The van der Waals surface area contributed by atoms with E-state index >= 15 is 0 Å². The van der Waals surface area contributed by atoms with E-state index in [0.29, 0.717) is 6.04 Å². The highest BCUT2D eigenvalue weighted by atomic mass is 32.1. The van der Waals surface area contributed by atoms with Gasteiger partial charge in [-0.25, -0.2) is 0 Å². The van der Waals surface area contributed by atoms with Crippen LogP contribution in [0, 0.1) is 0 Å². The van der Waals surface area contributed by atoms with E-state index in [2.05, 4.69) is 42.2 Å². The van der Waals surface area contributed by atoms with Gasteiger partial charge >= 0.3 is 0 Å². The minimum absolute atomic E-state index is 0.634. The Labute approximate surface area is 118 Å². The molecule has 0 aliphatic carbocycles. The third kappa shape index (κ3) is 1.86. The summed E-state index contributed by atoms with van der Waals surface area (Å²) < 4.78 is 0. The van der Waals surface area contributed by atoms with Crippen LogP contribution in [0.1, 0.15) is 39.4 Å². The second kappa shape index (κ2) is 4.46. The van der Waals surface area contributed by atoms with Gasteiger partial charge in [0, 0.05) is 28.9 Å². The Balaban J connectivity index is 1.75. The number of thiophene rings is 1. The van der Waals surface area contributed by atoms with Crippen molar-refractivity contribution in [3.8, 4) is 0 Å². The van der Waals surface area contributed by atoms with Gasteiger partial charge in [0.25, 0.3) is 0 Å². The van der Waals surface area contributed by atoms with Gasteiger partial charge in [-0.05, 0) is 42.0 Å². The molecule has 1 aromatic carbocycles. The van der Waals surface area contributed by atoms with Crippen molar-refractivity contribution in [3.63, 3.8) is 0 Å². The predicted molar refractivity (Wildman–Crippen MR) is 80.7 cm³/mol. The standard InChI is InChI=1S/C17H19NS/c1-2-14-10-15-16-9-12-5-3-4-6-13(12)11-18(16)8-7-17(15)19-14/h3-6,10,16H,2,7-9,11H2,1H3. The zero-order valence-corrected chi connectivity index (χ0v) is 12.2. The van der Waals surface area contributed by atoms with E-state index < -0.39 is 0 Å². The molecule has 2 heteroatoms. The van der Waals surface area contributed by atoms with Crippen LogP contribution in [0.4, 0.5) is 0 Å². The van der Waals surface area contributed by atoms with Gasteiger partial charge in [0.2, 0.25) is 0 Å². The highest BCUT2D eigenvalue weighted by Crippen LogP contribution is 2.41. The molecule has 0 saturated carbocycles. The molecule has 0 saturated heterocycles. The Kier molecular flexibility index (Phi) is 2.75. The van der Waals surface area contributed by atoms with Crippen molar-refractivity contribution >= 4 is 11.3 Å². The molecular formula is C17H19NS. The Morgan fingerprint density at radius 2 is 2.11 bits per heavy atom. The summed E-state index contributed by atoms with van der Waals surface area (Å²) in [7, 11) is 0. The normalized spacial score (nSPS) is 21.6. The maximum Gasteiger partial charge on any atom is 0.0403 e. The summed E-state index contributed by atoms with van der Waals surface area (Å²) in [5.41, 5.74) is 4.72. The van der Waals surface area contributed by atoms with E-state index in [4.69, 9.17) is 0 Å². The summed E-state index contributed by atoms with van der Waals surface area (Å²) in [4.78, 5) is 5.89. The smallest absolute Gasteiger partial charge is 0.0403 e. The van der Waals surface area contributed by atoms with Crippen molar-refractivity contribution < 1.29 is 0 Å². The molecule has 98 valence electrons. The molecule has 2 aromatic rings. The fourth-order valence-corrected chi connectivity index (χ4v) is 4.67. The maximum atomic E-state index is 2.68. The zero-order valence-electron chi connectivity index (χ0n) is 11.4. The van der Waals surface area contributed by atoms with Gasteiger partial charge in [-0.1, -0.05) is 31.2 Å². The lowest BCUT2D eigenvalue weighted by atomic mass is 9.87. The first kappa shape index (κ1) is 11.7. The molecule has 1 aromatic heterocycles. The number of aryl methyl sites for hydroxylation is 1. The van der Waals surface area contributed by atoms with E-state index in [0.717, 1.165) is 6.54 Å². The Hall–Kier alpha value is -1.12. The topological polar surface area (TPSA) is 3.24 Å². The van der Waals surface area contributed by atoms with Crippen LogP contribution in [0.5, 0.6) is 0 Å². The van der Waals surface area contributed by atoms with Gasteiger partial charge in [-0.2, -0.15) is 0 Å². The van der Waals surface area contributed by atoms with Crippen LogP contribution < -0.4 is 0 Å². The molecule has 1 nitrogen and oxygen atoms in total. The largest absolute Gasteiger partial charge is 0.291 e. The highest BCUT2D eigenvalue weighted by molar-refractivity contribution is 7.12. The summed E-state index contributed by atoms with van der Waals surface area (Å²) in [5, 5.41) is 0. The van der Waals surface area contributed by atoms with Crippen molar-refractivity contribution in [2.24, 2.45) is 0 Å². The van der Waals surface area contributed by atoms with E-state index in [-0.39, 0.29) is 0 Å². The van der Waals surface area contributed by atoms with Crippen molar-refractivity contribution in [1.29, 1.82) is 0 Å². The third-order valence-electron chi connectivity index (χ3n) is 4.57. The lowest BCUT2D eigenvalue weighted by molar-refractivity contribution is 0.162. The molecule has 0 radical (unpaired) electrons. The molecule has 4 rings (SSSR count). The van der Waals surface area contributed by atoms with Crippen LogP contribution in [0.25, 0.3) is 0 Å². The fraction of sp³-hybridized carbons (Fsp3) is 0.412. The van der Waals surface area contributed by atoms with Crippen molar-refractivity contribution in [2.75, 3.05) is 6.54 Å². The molecule has 0 fully saturated rings. The van der Waals surface area contributed by atoms with E-state index in [9.17, 15) is 0 Å². The number of nitrogens with zero attached hydrogens (tertiary/aromatic N) is 1. The fourth-order valence-electron chi connectivity index (χ4n) is 3.52. The maximum absolute atomic E-state index is 2.68. The Bertz CT molecular complexity index is 613. The first-order chi connectivity index (χ1) is 9.35. The molecule has 1 unspecified atom stereocenters. The van der Waals surface area contributed by atoms with Crippen LogP contribution >= 0.6 is 11.3 Å². The third-order valence-corrected chi connectivity index (χ3v) is 5.93. The second-order valence-corrected chi connectivity index (χ2v) is 6.88. The van der Waals surface area contributed by atoms with Gasteiger partial charge < -0.3 is 0 Å². The second-order valence-electron chi connectivity index (χ2n) is 5.65. The number of hydrogen-bond acceptors (Lipinski definition) is 2. The molecule has 19 heavy (non-hydrogen) atoms. The molecule has 1 atom stereocenters. The Morgan fingerprint density at radius 3 is 2.95 bits per heavy atom. The summed E-state index contributed by atoms with van der Waals surface area (Å²) >= 11 is 2.05. The molecule has 0 bridgehead atoms. The van der Waals surface area contributed by atoms with Crippen molar-refractivity contribution in [2.45, 2.75) is 38.8 Å². The summed E-state index contributed by atoms with van der Waals surface area (Å²) in [6, 6.07) is 12.1. The average molecular weight is 269 g/mol. The van der Waals surface area contributed by atoms with Gasteiger partial charge in [-0.3, -0.25) is 4.90 Å². The predicted octanol–water partition coefficient (Wildman–Crippen LogP) is 3.97. The van der Waals surface area contributed by atoms with Crippen LogP contribution in [0.15, 0.2) is 30.3 Å². The molecule has 3 heterocycles. The van der Waals surface area contributed by atoms with E-state index in [1.807, 2.05) is 11.3 Å². The summed E-state index contributed by atoms with van der Waals surface area (Å²) in [5.74, 6) is 0. The van der Waals surface area contributed by atoms with E-state index in [1.54, 1.807) is 20.9 Å². The summed E-state index contributed by atoms with van der Waals surface area (Å²) in [6.07, 6.45) is 3.63. The molecule has 0 N–H and O–H groups in total. The monoisotopic (exact) mass is 269 g/mol. The number of hydrogen-bond donors (Lipinski definition) is 0. The van der Waals surface area contributed by atoms with E-state index in [1.165, 1.54) is 31.4 Å². The molecule has 2 aliphatic heterocycles. The zero-order chi connectivity index (χ0) is 12.8. The van der Waals surface area contributed by atoms with Crippen LogP contribution in [-0.2, 0) is 25.8 Å². The van der Waals surface area contributed by atoms with Gasteiger partial charge in [0.05, 0.1) is 0 Å². The minimum Gasteiger partial charge on any atom is -0.291 e. The number of benzene rings is 1. The first-order valence-corrected chi connectivity index (χ1v) is 8.09. The van der Waals surface area contributed by atoms with Crippen LogP contribution in [0.2, 0.25) is 0 Å².